The van der Waals surface area contributed by atoms with Gasteiger partial charge >= 0.3 is 0 Å². The van der Waals surface area contributed by atoms with Crippen molar-refractivity contribution < 1.29 is 28.2 Å². The van der Waals surface area contributed by atoms with Gasteiger partial charge in [-0.05, 0) is 68.1 Å². The van der Waals surface area contributed by atoms with Crippen molar-refractivity contribution in [2.45, 2.75) is 38.8 Å². The fourth-order valence-corrected chi connectivity index (χ4v) is 5.33. The minimum atomic E-state index is -0.305. The molecule has 0 radical (unpaired) electrons. The van der Waals surface area contributed by atoms with Crippen LogP contribution in [0.2, 0.25) is 0 Å². The second kappa shape index (κ2) is 12.8. The molecule has 8 nitrogen and oxygen atoms in total. The van der Waals surface area contributed by atoms with Crippen LogP contribution in [-0.4, -0.2) is 68.2 Å². The third kappa shape index (κ3) is 7.14. The zero-order valence-corrected chi connectivity index (χ0v) is 22.4. The Bertz CT molecular complexity index is 1170. The number of methoxy groups -OCH3 is 2. The van der Waals surface area contributed by atoms with E-state index in [2.05, 4.69) is 19.1 Å². The molecule has 1 aliphatic rings. The summed E-state index contributed by atoms with van der Waals surface area (Å²) >= 11 is 1.67. The Morgan fingerprint density at radius 2 is 1.92 bits per heavy atom. The van der Waals surface area contributed by atoms with E-state index in [-0.39, 0.29) is 30.2 Å². The fraction of sp³-hybridized carbons (Fsp3) is 0.429. The molecule has 0 spiro atoms. The standard InChI is InChI=1S/C28H34N2O6S/c1-20-8-10-23(37-20)18-29(13-12-21-9-11-24(33-2)26(16-21)34-3)27(31)19-30(17-22-6-4-14-35-22)28(32)25-7-5-15-36-25/h5,7-11,15-16,22H,4,6,12-14,17-19H2,1-3H3. The Morgan fingerprint density at radius 1 is 1.08 bits per heavy atom. The van der Waals surface area contributed by atoms with Gasteiger partial charge in [0.25, 0.3) is 5.91 Å². The number of furan rings is 1. The molecule has 2 amide bonds. The lowest BCUT2D eigenvalue weighted by Crippen LogP contribution is -2.45. The molecular formula is C28H34N2O6S. The number of carbonyl (C=O) groups excluding carboxylic acids is 2. The van der Waals surface area contributed by atoms with E-state index < -0.39 is 0 Å². The molecule has 1 saturated heterocycles. The summed E-state index contributed by atoms with van der Waals surface area (Å²) in [6.45, 7) is 4.01. The van der Waals surface area contributed by atoms with Gasteiger partial charge in [0.1, 0.15) is 6.54 Å². The molecule has 0 aliphatic carbocycles. The smallest absolute Gasteiger partial charge is 0.290 e. The Balaban J connectivity index is 1.51. The number of benzene rings is 1. The first kappa shape index (κ1) is 26.8. The molecule has 0 bridgehead atoms. The van der Waals surface area contributed by atoms with E-state index in [1.807, 2.05) is 23.1 Å². The van der Waals surface area contributed by atoms with Gasteiger partial charge in [0.05, 0.1) is 33.1 Å². The maximum atomic E-state index is 13.7. The highest BCUT2D eigenvalue weighted by Crippen LogP contribution is 2.28. The van der Waals surface area contributed by atoms with Crippen LogP contribution < -0.4 is 9.47 Å². The molecule has 9 heteroatoms. The van der Waals surface area contributed by atoms with Gasteiger partial charge in [-0.3, -0.25) is 9.59 Å². The lowest BCUT2D eigenvalue weighted by Gasteiger charge is -2.28. The lowest BCUT2D eigenvalue weighted by molar-refractivity contribution is -0.132. The van der Waals surface area contributed by atoms with Gasteiger partial charge < -0.3 is 28.4 Å². The van der Waals surface area contributed by atoms with Crippen LogP contribution in [0.15, 0.2) is 53.1 Å². The number of amides is 2. The highest BCUT2D eigenvalue weighted by Gasteiger charge is 2.28. The first-order valence-electron chi connectivity index (χ1n) is 12.4. The summed E-state index contributed by atoms with van der Waals surface area (Å²) < 4.78 is 21.9. The second-order valence-corrected chi connectivity index (χ2v) is 10.4. The molecule has 2 aromatic heterocycles. The summed E-state index contributed by atoms with van der Waals surface area (Å²) in [6.07, 6.45) is 3.85. The van der Waals surface area contributed by atoms with Crippen LogP contribution in [0, 0.1) is 6.92 Å². The van der Waals surface area contributed by atoms with Crippen molar-refractivity contribution in [2.24, 2.45) is 0 Å². The van der Waals surface area contributed by atoms with Crippen LogP contribution in [-0.2, 0) is 22.5 Å². The highest BCUT2D eigenvalue weighted by molar-refractivity contribution is 7.11. The minimum absolute atomic E-state index is 0.0459. The van der Waals surface area contributed by atoms with E-state index in [1.54, 1.807) is 42.6 Å². The summed E-state index contributed by atoms with van der Waals surface area (Å²) in [6, 6.07) is 13.2. The summed E-state index contributed by atoms with van der Waals surface area (Å²) in [4.78, 5) is 32.5. The van der Waals surface area contributed by atoms with Crippen LogP contribution in [0.3, 0.4) is 0 Å². The van der Waals surface area contributed by atoms with E-state index in [0.717, 1.165) is 23.3 Å². The van der Waals surface area contributed by atoms with Crippen LogP contribution in [0.5, 0.6) is 11.5 Å². The Hall–Kier alpha value is -3.30. The average molecular weight is 527 g/mol. The highest BCUT2D eigenvalue weighted by atomic mass is 32.1. The Labute approximate surface area is 221 Å². The quantitative estimate of drug-likeness (QED) is 0.344. The fourth-order valence-electron chi connectivity index (χ4n) is 4.42. The SMILES string of the molecule is COc1ccc(CCN(Cc2ccc(C)s2)C(=O)CN(CC2CCCO2)C(=O)c2ccco2)cc1OC. The lowest BCUT2D eigenvalue weighted by atomic mass is 10.1. The molecule has 3 aromatic rings. The molecule has 1 fully saturated rings. The number of hydrogen-bond donors (Lipinski definition) is 0. The van der Waals surface area contributed by atoms with E-state index >= 15 is 0 Å². The zero-order valence-electron chi connectivity index (χ0n) is 21.6. The molecule has 198 valence electrons. The van der Waals surface area contributed by atoms with Crippen molar-refractivity contribution in [1.29, 1.82) is 0 Å². The van der Waals surface area contributed by atoms with Gasteiger partial charge in [0.2, 0.25) is 5.91 Å². The van der Waals surface area contributed by atoms with E-state index in [1.165, 1.54) is 11.1 Å². The molecular weight excluding hydrogens is 492 g/mol. The van der Waals surface area contributed by atoms with Crippen molar-refractivity contribution in [3.63, 3.8) is 0 Å². The first-order chi connectivity index (χ1) is 18.0. The van der Waals surface area contributed by atoms with Gasteiger partial charge in [0, 0.05) is 29.5 Å². The van der Waals surface area contributed by atoms with Crippen LogP contribution in [0.1, 0.15) is 38.7 Å². The third-order valence-corrected chi connectivity index (χ3v) is 7.39. The largest absolute Gasteiger partial charge is 0.493 e. The molecule has 1 aromatic carbocycles. The van der Waals surface area contributed by atoms with Crippen molar-refractivity contribution in [2.75, 3.05) is 40.5 Å². The molecule has 0 N–H and O–H groups in total. The molecule has 0 saturated carbocycles. The van der Waals surface area contributed by atoms with Crippen LogP contribution in [0.25, 0.3) is 0 Å². The van der Waals surface area contributed by atoms with Crippen molar-refractivity contribution in [1.82, 2.24) is 9.80 Å². The van der Waals surface area contributed by atoms with Crippen molar-refractivity contribution in [3.05, 3.63) is 69.8 Å². The third-order valence-electron chi connectivity index (χ3n) is 6.41. The second-order valence-electron chi connectivity index (χ2n) is 9.06. The maximum Gasteiger partial charge on any atom is 0.290 e. The number of nitrogens with zero attached hydrogens (tertiary/aromatic N) is 2. The van der Waals surface area contributed by atoms with E-state index in [9.17, 15) is 9.59 Å². The van der Waals surface area contributed by atoms with E-state index in [4.69, 9.17) is 18.6 Å². The molecule has 1 atom stereocenters. The van der Waals surface area contributed by atoms with Gasteiger partial charge in [-0.25, -0.2) is 0 Å². The monoisotopic (exact) mass is 526 g/mol. The molecule has 37 heavy (non-hydrogen) atoms. The molecule has 1 unspecified atom stereocenters. The topological polar surface area (TPSA) is 81.5 Å². The summed E-state index contributed by atoms with van der Waals surface area (Å²) in [5.41, 5.74) is 1.03. The number of aryl methyl sites for hydroxylation is 1. The number of carbonyl (C=O) groups is 2. The summed E-state index contributed by atoms with van der Waals surface area (Å²) in [7, 11) is 3.21. The van der Waals surface area contributed by atoms with Gasteiger partial charge in [-0.2, -0.15) is 0 Å². The first-order valence-corrected chi connectivity index (χ1v) is 13.3. The maximum absolute atomic E-state index is 13.7. The molecule has 3 heterocycles. The van der Waals surface area contributed by atoms with Crippen LogP contribution >= 0.6 is 11.3 Å². The number of rotatable bonds is 12. The summed E-state index contributed by atoms with van der Waals surface area (Å²) in [5.74, 6) is 1.11. The number of thiophene rings is 1. The molecule has 4 rings (SSSR count). The van der Waals surface area contributed by atoms with Gasteiger partial charge in [0.15, 0.2) is 17.3 Å². The predicted octanol–water partition coefficient (Wildman–Crippen LogP) is 4.56. The minimum Gasteiger partial charge on any atom is -0.493 e. The van der Waals surface area contributed by atoms with E-state index in [0.29, 0.717) is 44.2 Å². The average Bonchev–Trinajstić information content (AvgIpc) is 3.69. The summed E-state index contributed by atoms with van der Waals surface area (Å²) in [5, 5.41) is 0. The van der Waals surface area contributed by atoms with Gasteiger partial charge in [-0.1, -0.05) is 6.07 Å². The van der Waals surface area contributed by atoms with Crippen molar-refractivity contribution >= 4 is 23.2 Å². The Kier molecular flexibility index (Phi) is 9.24. The van der Waals surface area contributed by atoms with Crippen LogP contribution in [0.4, 0.5) is 0 Å². The zero-order chi connectivity index (χ0) is 26.2. The number of ether oxygens (including phenoxy) is 3. The Morgan fingerprint density at radius 3 is 2.57 bits per heavy atom. The molecule has 1 aliphatic heterocycles. The van der Waals surface area contributed by atoms with Gasteiger partial charge in [-0.15, -0.1) is 11.3 Å². The van der Waals surface area contributed by atoms with Crippen molar-refractivity contribution in [3.8, 4) is 11.5 Å². The predicted molar refractivity (Wildman–Crippen MR) is 141 cm³/mol. The normalized spacial score (nSPS) is 14.9. The number of hydrogen-bond acceptors (Lipinski definition) is 7.